The molecule has 0 unspecified atom stereocenters. The number of hydrogen-bond acceptors (Lipinski definition) is 4. The predicted octanol–water partition coefficient (Wildman–Crippen LogP) is 2.94. The smallest absolute Gasteiger partial charge is 0.407 e. The van der Waals surface area contributed by atoms with Crippen LogP contribution in [0.25, 0.3) is 0 Å². The molecule has 0 aromatic heterocycles. The van der Waals surface area contributed by atoms with Crippen molar-refractivity contribution in [3.05, 3.63) is 35.9 Å². The Morgan fingerprint density at radius 2 is 1.79 bits per heavy atom. The van der Waals surface area contributed by atoms with Crippen LogP contribution in [0.2, 0.25) is 0 Å². The lowest BCUT2D eigenvalue weighted by Crippen LogP contribution is -2.58. The quantitative estimate of drug-likeness (QED) is 0.650. The predicted molar refractivity (Wildman–Crippen MR) is 95.1 cm³/mol. The third-order valence-electron chi connectivity index (χ3n) is 3.95. The molecular formula is C17H27ClN2O4. The lowest BCUT2D eigenvalue weighted by Gasteiger charge is -2.37. The van der Waals surface area contributed by atoms with Gasteiger partial charge in [-0.05, 0) is 23.8 Å². The summed E-state index contributed by atoms with van der Waals surface area (Å²) in [5, 5.41) is 12.0. The first-order valence-electron chi connectivity index (χ1n) is 7.63. The largest absolute Gasteiger partial charge is 0.480 e. The molecule has 0 saturated carbocycles. The van der Waals surface area contributed by atoms with Crippen molar-refractivity contribution in [1.29, 1.82) is 0 Å². The summed E-state index contributed by atoms with van der Waals surface area (Å²) < 4.78 is 5.08. The van der Waals surface area contributed by atoms with Gasteiger partial charge in [-0.1, -0.05) is 51.1 Å². The topological polar surface area (TPSA) is 102 Å². The van der Waals surface area contributed by atoms with Crippen molar-refractivity contribution < 1.29 is 19.4 Å². The Balaban J connectivity index is 0.00000529. The minimum absolute atomic E-state index is 0. The van der Waals surface area contributed by atoms with Crippen LogP contribution < -0.4 is 11.1 Å². The molecule has 0 saturated heterocycles. The van der Waals surface area contributed by atoms with E-state index in [0.717, 1.165) is 5.56 Å². The molecule has 0 aliphatic heterocycles. The number of benzene rings is 1. The van der Waals surface area contributed by atoms with E-state index in [-0.39, 0.29) is 25.4 Å². The van der Waals surface area contributed by atoms with Crippen LogP contribution in [0.1, 0.15) is 39.2 Å². The molecule has 1 aromatic rings. The summed E-state index contributed by atoms with van der Waals surface area (Å²) in [5.41, 5.74) is 5.02. The van der Waals surface area contributed by atoms with E-state index in [9.17, 15) is 14.7 Å². The average molecular weight is 359 g/mol. The highest BCUT2D eigenvalue weighted by atomic mass is 35.5. The van der Waals surface area contributed by atoms with Crippen molar-refractivity contribution in [2.45, 2.75) is 45.8 Å². The van der Waals surface area contributed by atoms with Crippen LogP contribution >= 0.6 is 12.4 Å². The van der Waals surface area contributed by atoms with Crippen LogP contribution in [0, 0.1) is 5.41 Å². The fourth-order valence-corrected chi connectivity index (χ4v) is 2.13. The van der Waals surface area contributed by atoms with E-state index in [1.54, 1.807) is 20.8 Å². The molecule has 6 nitrogen and oxygen atoms in total. The van der Waals surface area contributed by atoms with Gasteiger partial charge in [0.15, 0.2) is 0 Å². The molecule has 1 rings (SSSR count). The highest BCUT2D eigenvalue weighted by molar-refractivity contribution is 5.85. The van der Waals surface area contributed by atoms with Crippen molar-refractivity contribution in [1.82, 2.24) is 5.32 Å². The molecule has 0 aliphatic rings. The van der Waals surface area contributed by atoms with E-state index in [1.165, 1.54) is 0 Å². The number of rotatable bonds is 7. The zero-order valence-corrected chi connectivity index (χ0v) is 15.2. The van der Waals surface area contributed by atoms with Gasteiger partial charge in [0.25, 0.3) is 0 Å². The van der Waals surface area contributed by atoms with Crippen molar-refractivity contribution in [2.75, 3.05) is 6.54 Å². The summed E-state index contributed by atoms with van der Waals surface area (Å²) in [6.45, 7) is 5.90. The Hall–Kier alpha value is -1.79. The summed E-state index contributed by atoms with van der Waals surface area (Å²) in [6.07, 6.45) is 0.202. The molecule has 0 spiro atoms. The number of carbonyl (C=O) groups excluding carboxylic acids is 1. The van der Waals surface area contributed by atoms with E-state index in [1.807, 2.05) is 30.3 Å². The summed E-state index contributed by atoms with van der Waals surface area (Å²) >= 11 is 0. The van der Waals surface area contributed by atoms with Crippen molar-refractivity contribution in [2.24, 2.45) is 11.1 Å². The summed E-state index contributed by atoms with van der Waals surface area (Å²) in [7, 11) is 0. The maximum Gasteiger partial charge on any atom is 0.407 e. The number of hydrogen-bond donors (Lipinski definition) is 3. The summed E-state index contributed by atoms with van der Waals surface area (Å²) in [5.74, 6) is -1.03. The van der Waals surface area contributed by atoms with E-state index in [0.29, 0.717) is 13.0 Å². The SMILES string of the molecule is CC(C)(C)[C@@](N)(CCCNC(=O)OCc1ccccc1)C(=O)O.Cl. The van der Waals surface area contributed by atoms with E-state index in [4.69, 9.17) is 10.5 Å². The van der Waals surface area contributed by atoms with Crippen LogP contribution in [0.3, 0.4) is 0 Å². The molecule has 1 atom stereocenters. The summed E-state index contributed by atoms with van der Waals surface area (Å²) in [6, 6.07) is 9.37. The van der Waals surface area contributed by atoms with Crippen LogP contribution in [-0.2, 0) is 16.1 Å². The van der Waals surface area contributed by atoms with E-state index >= 15 is 0 Å². The second-order valence-corrected chi connectivity index (χ2v) is 6.62. The summed E-state index contributed by atoms with van der Waals surface area (Å²) in [4.78, 5) is 23.0. The minimum Gasteiger partial charge on any atom is -0.480 e. The molecule has 0 bridgehead atoms. The third-order valence-corrected chi connectivity index (χ3v) is 3.95. The first-order chi connectivity index (χ1) is 10.7. The monoisotopic (exact) mass is 358 g/mol. The van der Waals surface area contributed by atoms with Gasteiger partial charge in [-0.15, -0.1) is 12.4 Å². The number of aliphatic carboxylic acids is 1. The van der Waals surface area contributed by atoms with Crippen molar-refractivity contribution in [3.8, 4) is 0 Å². The number of alkyl carbamates (subject to hydrolysis) is 1. The molecular weight excluding hydrogens is 332 g/mol. The molecule has 0 fully saturated rings. The fourth-order valence-electron chi connectivity index (χ4n) is 2.13. The van der Waals surface area contributed by atoms with Crippen molar-refractivity contribution >= 4 is 24.5 Å². The number of carbonyl (C=O) groups is 2. The molecule has 7 heteroatoms. The first kappa shape index (κ1) is 22.2. The molecule has 0 heterocycles. The molecule has 1 aromatic carbocycles. The molecule has 1 amide bonds. The number of halogens is 1. The maximum atomic E-state index is 11.6. The average Bonchev–Trinajstić information content (AvgIpc) is 2.49. The minimum atomic E-state index is -1.33. The third kappa shape index (κ3) is 6.37. The maximum absolute atomic E-state index is 11.6. The van der Waals surface area contributed by atoms with Crippen LogP contribution in [0.15, 0.2) is 30.3 Å². The standard InChI is InChI=1S/C17H26N2O4.ClH/c1-16(2,3)17(18,14(20)21)10-7-11-19-15(22)23-12-13-8-5-4-6-9-13;/h4-6,8-9H,7,10-12,18H2,1-3H3,(H,19,22)(H,20,21);1H/t17-;/m1./s1. The van der Waals surface area contributed by atoms with Gasteiger partial charge in [-0.3, -0.25) is 4.79 Å². The van der Waals surface area contributed by atoms with Crippen LogP contribution in [0.4, 0.5) is 4.79 Å². The molecule has 0 radical (unpaired) electrons. The Labute approximate surface area is 149 Å². The number of carboxylic acids is 1. The van der Waals surface area contributed by atoms with Crippen LogP contribution in [0.5, 0.6) is 0 Å². The van der Waals surface area contributed by atoms with Crippen molar-refractivity contribution in [3.63, 3.8) is 0 Å². The Kier molecular flexibility index (Phi) is 8.78. The second kappa shape index (κ2) is 9.49. The number of nitrogens with one attached hydrogen (secondary N) is 1. The highest BCUT2D eigenvalue weighted by Crippen LogP contribution is 2.32. The number of amides is 1. The molecule has 24 heavy (non-hydrogen) atoms. The lowest BCUT2D eigenvalue weighted by atomic mass is 9.71. The Bertz CT molecular complexity index is 531. The van der Waals surface area contributed by atoms with Gasteiger partial charge in [-0.2, -0.15) is 0 Å². The van der Waals surface area contributed by atoms with Gasteiger partial charge in [0.1, 0.15) is 12.1 Å². The number of nitrogens with two attached hydrogens (primary N) is 1. The van der Waals surface area contributed by atoms with Gasteiger partial charge in [0.2, 0.25) is 0 Å². The van der Waals surface area contributed by atoms with Gasteiger partial charge >= 0.3 is 12.1 Å². The number of carboxylic acid groups (broad SMARTS) is 1. The van der Waals surface area contributed by atoms with Gasteiger partial charge in [-0.25, -0.2) is 4.79 Å². The van der Waals surface area contributed by atoms with Gasteiger partial charge in [0, 0.05) is 6.54 Å². The lowest BCUT2D eigenvalue weighted by molar-refractivity contribution is -0.148. The molecule has 136 valence electrons. The second-order valence-electron chi connectivity index (χ2n) is 6.62. The van der Waals surface area contributed by atoms with E-state index < -0.39 is 23.0 Å². The Morgan fingerprint density at radius 3 is 2.29 bits per heavy atom. The van der Waals surface area contributed by atoms with Gasteiger partial charge in [0.05, 0.1) is 0 Å². The Morgan fingerprint density at radius 1 is 1.21 bits per heavy atom. The van der Waals surface area contributed by atoms with E-state index in [2.05, 4.69) is 5.32 Å². The van der Waals surface area contributed by atoms with Crippen LogP contribution in [-0.4, -0.2) is 29.3 Å². The normalized spacial score (nSPS) is 13.3. The zero-order chi connectivity index (χ0) is 17.5. The molecule has 0 aliphatic carbocycles. The molecule has 4 N–H and O–H groups in total. The first-order valence-corrected chi connectivity index (χ1v) is 7.63. The highest BCUT2D eigenvalue weighted by Gasteiger charge is 2.44. The van der Waals surface area contributed by atoms with Gasteiger partial charge < -0.3 is 20.9 Å². The number of ether oxygens (including phenoxy) is 1. The zero-order valence-electron chi connectivity index (χ0n) is 14.4. The fraction of sp³-hybridized carbons (Fsp3) is 0.529.